The third kappa shape index (κ3) is 15.6. The van der Waals surface area contributed by atoms with Crippen LogP contribution in [0.2, 0.25) is 0 Å². The average molecular weight is 1090 g/mol. The molecule has 0 saturated heterocycles. The first-order valence-electron chi connectivity index (χ1n) is 24.2. The molecule has 16 nitrogen and oxygen atoms in total. The van der Waals surface area contributed by atoms with Crippen LogP contribution in [0.4, 0.5) is 22.7 Å². The summed E-state index contributed by atoms with van der Waals surface area (Å²) in [5, 5.41) is 71.1. The molecule has 8 rings (SSSR count). The van der Waals surface area contributed by atoms with Gasteiger partial charge in [-0.25, -0.2) is 0 Å². The van der Waals surface area contributed by atoms with Crippen molar-refractivity contribution in [2.45, 2.75) is 67.7 Å². The van der Waals surface area contributed by atoms with E-state index in [2.05, 4.69) is 72.8 Å². The molecule has 0 heterocycles. The lowest BCUT2D eigenvalue weighted by molar-refractivity contribution is -0.394. The summed E-state index contributed by atoms with van der Waals surface area (Å²) < 4.78 is 0. The van der Waals surface area contributed by atoms with Crippen LogP contribution in [-0.4, -0.2) is 31.6 Å². The number of nitrogens with zero attached hydrogens (tertiary/aromatic N) is 4. The number of hydrogen-bond acceptors (Lipinski definition) is 12. The molecular formula is C60H58N4O12P2. The summed E-state index contributed by atoms with van der Waals surface area (Å²) in [5.41, 5.74) is 6.70. The monoisotopic (exact) mass is 1090 g/mol. The van der Waals surface area contributed by atoms with Gasteiger partial charge in [-0.3, -0.25) is 40.5 Å². The number of nitro groups is 4. The number of non-ortho nitro benzene ring substituents is 4. The Kier molecular flexibility index (Phi) is 20.6. The third-order valence-corrected chi connectivity index (χ3v) is 20.9. The van der Waals surface area contributed by atoms with Crippen LogP contribution in [0, 0.1) is 82.0 Å². The Labute approximate surface area is 453 Å². The summed E-state index contributed by atoms with van der Waals surface area (Å²) in [6, 6.07) is 58.1. The average Bonchev–Trinajstić information content (AvgIpc) is 3.55. The van der Waals surface area contributed by atoms with Crippen molar-refractivity contribution in [2.75, 3.05) is 0 Å². The molecule has 0 N–H and O–H groups in total. The molecule has 0 radical (unpaired) electrons. The highest BCUT2D eigenvalue weighted by Gasteiger charge is 2.48. The van der Waals surface area contributed by atoms with Gasteiger partial charge in [0.25, 0.3) is 22.7 Å². The van der Waals surface area contributed by atoms with E-state index in [1.165, 1.54) is 24.3 Å². The van der Waals surface area contributed by atoms with Gasteiger partial charge in [0.1, 0.15) is 46.4 Å². The minimum Gasteiger partial charge on any atom is -0.550 e. The first-order chi connectivity index (χ1) is 36.8. The Balaban J connectivity index is 0.000000253. The van der Waals surface area contributed by atoms with Gasteiger partial charge in [-0.15, -0.1) is 0 Å². The van der Waals surface area contributed by atoms with E-state index in [-0.39, 0.29) is 22.7 Å². The maximum absolute atomic E-state index is 11.6. The predicted octanol–water partition coefficient (Wildman–Crippen LogP) is 9.36. The number of aliphatic carboxylic acids is 2. The molecule has 0 aliphatic carbocycles. The van der Waals surface area contributed by atoms with Crippen molar-refractivity contribution in [2.24, 2.45) is 0 Å². The molecule has 0 aromatic heterocycles. The van der Waals surface area contributed by atoms with Gasteiger partial charge in [0.05, 0.1) is 44.1 Å². The molecule has 0 fully saturated rings. The van der Waals surface area contributed by atoms with Crippen LogP contribution in [0.5, 0.6) is 0 Å². The van der Waals surface area contributed by atoms with Crippen molar-refractivity contribution in [1.82, 2.24) is 0 Å². The lowest BCUT2D eigenvalue weighted by Gasteiger charge is -2.28. The zero-order valence-electron chi connectivity index (χ0n) is 44.3. The van der Waals surface area contributed by atoms with E-state index < -0.39 is 46.2 Å². The zero-order valence-corrected chi connectivity index (χ0v) is 46.1. The normalized spacial score (nSPS) is 10.8. The molecule has 8 aromatic rings. The molecule has 0 saturated carbocycles. The number of hydrogen-bond donors (Lipinski definition) is 0. The number of rotatable bonds is 14. The molecule has 0 aliphatic rings. The second-order valence-electron chi connectivity index (χ2n) is 18.7. The van der Waals surface area contributed by atoms with Gasteiger partial charge < -0.3 is 19.8 Å². The summed E-state index contributed by atoms with van der Waals surface area (Å²) in [4.78, 5) is 62.0. The van der Waals surface area contributed by atoms with E-state index in [0.717, 1.165) is 91.2 Å². The van der Waals surface area contributed by atoms with Crippen molar-refractivity contribution < 1.29 is 39.5 Å². The maximum atomic E-state index is 11.6. The van der Waals surface area contributed by atoms with Crippen molar-refractivity contribution in [3.8, 4) is 0 Å². The first kappa shape index (κ1) is 60.0. The summed E-state index contributed by atoms with van der Waals surface area (Å²) in [6.45, 7) is 14.2. The largest absolute Gasteiger partial charge is 0.550 e. The SMILES string of the molecule is CC(=O)[O-].CC(=O)[O-].Cc1cccc([P+](Cc2cc([N+](=O)[O-])cc([N+](=O)[O-])c2)(c2cccc(C)c2)c2cccc(C)c2)c1.Cc1cccc([P+](Cc2cc([N+](=O)[O-])cc([N+](=O)[O-])c2)(c2cccc(C)c2)c2cccc(C)c2)c1. The topological polar surface area (TPSA) is 253 Å². The van der Waals surface area contributed by atoms with Crippen molar-refractivity contribution in [3.63, 3.8) is 0 Å². The smallest absolute Gasteiger partial charge is 0.276 e. The highest BCUT2D eigenvalue weighted by molar-refractivity contribution is 7.95. The highest BCUT2D eigenvalue weighted by atomic mass is 31.2. The van der Waals surface area contributed by atoms with Gasteiger partial charge in [0.2, 0.25) is 0 Å². The number of nitro benzene ring substituents is 4. The van der Waals surface area contributed by atoms with Crippen molar-refractivity contribution in [3.05, 3.63) is 267 Å². The maximum Gasteiger partial charge on any atom is 0.276 e. The van der Waals surface area contributed by atoms with Gasteiger partial charge >= 0.3 is 0 Å². The fourth-order valence-electron chi connectivity index (χ4n) is 9.10. The van der Waals surface area contributed by atoms with Crippen LogP contribution in [0.25, 0.3) is 0 Å². The predicted molar refractivity (Wildman–Crippen MR) is 307 cm³/mol. The van der Waals surface area contributed by atoms with Crippen LogP contribution in [0.1, 0.15) is 58.4 Å². The molecule has 0 amide bonds. The Morgan fingerprint density at radius 3 is 0.641 bits per heavy atom. The Hall–Kier alpha value is -8.84. The van der Waals surface area contributed by atoms with Gasteiger partial charge in [0.15, 0.2) is 0 Å². The Morgan fingerprint density at radius 2 is 0.500 bits per heavy atom. The summed E-state index contributed by atoms with van der Waals surface area (Å²) in [5.74, 6) is -2.17. The van der Waals surface area contributed by atoms with E-state index in [4.69, 9.17) is 19.8 Å². The molecule has 0 unspecified atom stereocenters. The minimum atomic E-state index is -2.40. The van der Waals surface area contributed by atoms with Gasteiger partial charge in [0, 0.05) is 47.3 Å². The lowest BCUT2D eigenvalue weighted by Crippen LogP contribution is -2.33. The van der Waals surface area contributed by atoms with E-state index in [1.54, 1.807) is 0 Å². The molecule has 18 heteroatoms. The second-order valence-corrected chi connectivity index (χ2v) is 25.7. The summed E-state index contributed by atoms with van der Waals surface area (Å²) in [7, 11) is -4.80. The molecule has 400 valence electrons. The standard InChI is InChI=1S/2C28H26N2O4P.2C2H4O2/c2*1-20-7-4-10-26(13-20)35(27-11-5-8-21(2)14-27,28-12-6-9-22(3)15-28)19-23-16-24(29(31)32)18-25(17-23)30(33)34;2*1-2(3)4/h2*4-18H,19H2,1-3H3;2*1H3,(H,3,4)/q2*+1;;/p-2. The number of benzene rings is 8. The fraction of sp³-hybridized carbons (Fsp3) is 0.167. The van der Waals surface area contributed by atoms with Crippen LogP contribution >= 0.6 is 14.5 Å². The molecule has 0 aliphatic heterocycles. The van der Waals surface area contributed by atoms with Crippen molar-refractivity contribution in [1.29, 1.82) is 0 Å². The first-order valence-corrected chi connectivity index (χ1v) is 28.2. The summed E-state index contributed by atoms with van der Waals surface area (Å²) >= 11 is 0. The quantitative estimate of drug-likeness (QED) is 0.0561. The zero-order chi connectivity index (χ0) is 57.5. The number of carboxylic acids is 2. The number of carbonyl (C=O) groups is 2. The highest BCUT2D eigenvalue weighted by Crippen LogP contribution is 2.60. The molecule has 8 aromatic carbocycles. The molecule has 0 spiro atoms. The molecular weight excluding hydrogens is 1030 g/mol. The molecule has 0 atom stereocenters. The number of carboxylic acid groups (broad SMARTS) is 2. The van der Waals surface area contributed by atoms with Crippen LogP contribution < -0.4 is 42.0 Å². The minimum absolute atomic E-state index is 0.273. The number of aryl methyl sites for hydroxylation is 6. The van der Waals surface area contributed by atoms with Gasteiger partial charge in [-0.2, -0.15) is 0 Å². The van der Waals surface area contributed by atoms with E-state index >= 15 is 0 Å². The van der Waals surface area contributed by atoms with Gasteiger partial charge in [-0.1, -0.05) is 72.8 Å². The van der Waals surface area contributed by atoms with E-state index in [1.807, 2.05) is 114 Å². The lowest BCUT2D eigenvalue weighted by atomic mass is 10.2. The van der Waals surface area contributed by atoms with Gasteiger partial charge in [-0.05, 0) is 162 Å². The third-order valence-electron chi connectivity index (χ3n) is 12.3. The van der Waals surface area contributed by atoms with Crippen molar-refractivity contribution >= 4 is 81.0 Å². The van der Waals surface area contributed by atoms with Crippen LogP contribution in [-0.2, 0) is 21.9 Å². The second kappa shape index (κ2) is 26.8. The van der Waals surface area contributed by atoms with Crippen LogP contribution in [0.3, 0.4) is 0 Å². The van der Waals surface area contributed by atoms with E-state index in [0.29, 0.717) is 23.5 Å². The fourth-order valence-corrected chi connectivity index (χ4v) is 18.0. The Bertz CT molecular complexity index is 3010. The van der Waals surface area contributed by atoms with Crippen LogP contribution in [0.15, 0.2) is 182 Å². The van der Waals surface area contributed by atoms with E-state index in [9.17, 15) is 40.5 Å². The molecule has 0 bridgehead atoms. The number of carbonyl (C=O) groups excluding carboxylic acids is 2. The summed E-state index contributed by atoms with van der Waals surface area (Å²) in [6.07, 6.45) is 0.845. The molecule has 78 heavy (non-hydrogen) atoms. The Morgan fingerprint density at radius 1 is 0.333 bits per heavy atom.